The van der Waals surface area contributed by atoms with Crippen molar-refractivity contribution in [3.63, 3.8) is 0 Å². The third kappa shape index (κ3) is 9.67. The third-order valence-corrected chi connectivity index (χ3v) is 1.81. The first-order valence-electron chi connectivity index (χ1n) is 4.67. The normalized spacial score (nSPS) is 11.1. The molecule has 0 aliphatic heterocycles. The van der Waals surface area contributed by atoms with E-state index < -0.39 is 0 Å². The van der Waals surface area contributed by atoms with Crippen LogP contribution in [0, 0.1) is 0 Å². The fraction of sp³-hybridized carbons (Fsp3) is 0.800. The molecule has 0 heterocycles. The first kappa shape index (κ1) is 10.7. The Morgan fingerprint density at radius 1 is 1.00 bits per heavy atom. The van der Waals surface area contributed by atoms with Crippen LogP contribution in [0.1, 0.15) is 51.9 Å². The van der Waals surface area contributed by atoms with Gasteiger partial charge in [-0.1, -0.05) is 45.1 Å². The molecule has 11 heavy (non-hydrogen) atoms. The Balaban J connectivity index is 2.79. The SMILES string of the molecule is CCCCCCCC/C=C\F. The molecule has 0 nitrogen and oxygen atoms in total. The maximum absolute atomic E-state index is 11.4. The lowest BCUT2D eigenvalue weighted by Gasteiger charge is -1.96. The van der Waals surface area contributed by atoms with Crippen molar-refractivity contribution in [3.05, 3.63) is 12.4 Å². The number of allylic oxidation sites excluding steroid dienone is 1. The van der Waals surface area contributed by atoms with Crippen LogP contribution in [0.2, 0.25) is 0 Å². The Hall–Kier alpha value is -0.330. The van der Waals surface area contributed by atoms with Crippen molar-refractivity contribution >= 4 is 0 Å². The maximum atomic E-state index is 11.4. The van der Waals surface area contributed by atoms with E-state index in [9.17, 15) is 4.39 Å². The van der Waals surface area contributed by atoms with Crippen molar-refractivity contribution in [2.45, 2.75) is 51.9 Å². The minimum atomic E-state index is 0.645. The minimum Gasteiger partial charge on any atom is -0.216 e. The summed E-state index contributed by atoms with van der Waals surface area (Å²) in [5, 5.41) is 0. The maximum Gasteiger partial charge on any atom is 0.0827 e. The Morgan fingerprint density at radius 2 is 1.64 bits per heavy atom. The summed E-state index contributed by atoms with van der Waals surface area (Å²) in [7, 11) is 0. The molecule has 0 saturated heterocycles. The second-order valence-corrected chi connectivity index (χ2v) is 2.92. The largest absolute Gasteiger partial charge is 0.216 e. The van der Waals surface area contributed by atoms with Crippen molar-refractivity contribution in [2.24, 2.45) is 0 Å². The van der Waals surface area contributed by atoms with Gasteiger partial charge in [0.05, 0.1) is 6.33 Å². The second kappa shape index (κ2) is 9.67. The van der Waals surface area contributed by atoms with E-state index in [0.717, 1.165) is 12.8 Å². The predicted molar refractivity (Wildman–Crippen MR) is 48.2 cm³/mol. The highest BCUT2D eigenvalue weighted by molar-refractivity contribution is 4.71. The highest BCUT2D eigenvalue weighted by atomic mass is 19.1. The Labute approximate surface area is 69.5 Å². The number of rotatable bonds is 7. The Morgan fingerprint density at radius 3 is 2.27 bits per heavy atom. The van der Waals surface area contributed by atoms with Crippen LogP contribution in [0.15, 0.2) is 12.4 Å². The Kier molecular flexibility index (Phi) is 9.38. The van der Waals surface area contributed by atoms with Crippen LogP contribution in [0.4, 0.5) is 4.39 Å². The van der Waals surface area contributed by atoms with E-state index in [1.165, 1.54) is 32.1 Å². The topological polar surface area (TPSA) is 0 Å². The second-order valence-electron chi connectivity index (χ2n) is 2.92. The van der Waals surface area contributed by atoms with Crippen LogP contribution in [0.3, 0.4) is 0 Å². The van der Waals surface area contributed by atoms with Crippen molar-refractivity contribution in [2.75, 3.05) is 0 Å². The van der Waals surface area contributed by atoms with Gasteiger partial charge in [0, 0.05) is 0 Å². The van der Waals surface area contributed by atoms with Gasteiger partial charge in [0.1, 0.15) is 0 Å². The van der Waals surface area contributed by atoms with Gasteiger partial charge < -0.3 is 0 Å². The van der Waals surface area contributed by atoms with Gasteiger partial charge in [0.2, 0.25) is 0 Å². The first-order valence-corrected chi connectivity index (χ1v) is 4.67. The number of unbranched alkanes of at least 4 members (excludes halogenated alkanes) is 6. The van der Waals surface area contributed by atoms with E-state index >= 15 is 0 Å². The van der Waals surface area contributed by atoms with Gasteiger partial charge in [-0.05, 0) is 12.8 Å². The molecule has 0 aromatic heterocycles. The van der Waals surface area contributed by atoms with Gasteiger partial charge in [-0.2, -0.15) is 0 Å². The number of hydrogen-bond donors (Lipinski definition) is 0. The van der Waals surface area contributed by atoms with Gasteiger partial charge in [-0.15, -0.1) is 0 Å². The van der Waals surface area contributed by atoms with Crippen LogP contribution in [0.5, 0.6) is 0 Å². The molecule has 0 bridgehead atoms. The van der Waals surface area contributed by atoms with Crippen LogP contribution in [0.25, 0.3) is 0 Å². The zero-order chi connectivity index (χ0) is 8.36. The zero-order valence-corrected chi connectivity index (χ0v) is 7.48. The van der Waals surface area contributed by atoms with Crippen LogP contribution in [-0.2, 0) is 0 Å². The lowest BCUT2D eigenvalue weighted by Crippen LogP contribution is -1.77. The van der Waals surface area contributed by atoms with Crippen LogP contribution >= 0.6 is 0 Å². The summed E-state index contributed by atoms with van der Waals surface area (Å²) < 4.78 is 11.4. The summed E-state index contributed by atoms with van der Waals surface area (Å²) in [5.41, 5.74) is 0. The first-order chi connectivity index (χ1) is 5.41. The Bertz CT molecular complexity index is 86.9. The fourth-order valence-corrected chi connectivity index (χ4v) is 1.11. The molecular weight excluding hydrogens is 139 g/mol. The third-order valence-electron chi connectivity index (χ3n) is 1.81. The van der Waals surface area contributed by atoms with Gasteiger partial charge in [0.25, 0.3) is 0 Å². The molecule has 0 N–H and O–H groups in total. The summed E-state index contributed by atoms with van der Waals surface area (Å²) in [6.07, 6.45) is 10.8. The molecule has 0 rings (SSSR count). The smallest absolute Gasteiger partial charge is 0.0827 e. The molecule has 0 unspecified atom stereocenters. The average Bonchev–Trinajstić information content (AvgIpc) is 2.03. The van der Waals surface area contributed by atoms with Crippen molar-refractivity contribution < 1.29 is 4.39 Å². The van der Waals surface area contributed by atoms with Gasteiger partial charge >= 0.3 is 0 Å². The van der Waals surface area contributed by atoms with Crippen molar-refractivity contribution in [1.29, 1.82) is 0 Å². The average molecular weight is 158 g/mol. The summed E-state index contributed by atoms with van der Waals surface area (Å²) in [6.45, 7) is 2.21. The summed E-state index contributed by atoms with van der Waals surface area (Å²) in [4.78, 5) is 0. The van der Waals surface area contributed by atoms with E-state index in [1.807, 2.05) is 0 Å². The number of halogens is 1. The molecule has 0 aliphatic carbocycles. The van der Waals surface area contributed by atoms with Gasteiger partial charge in [0.15, 0.2) is 0 Å². The van der Waals surface area contributed by atoms with Crippen LogP contribution < -0.4 is 0 Å². The van der Waals surface area contributed by atoms with E-state index in [0.29, 0.717) is 6.33 Å². The van der Waals surface area contributed by atoms with E-state index in [2.05, 4.69) is 6.92 Å². The fourth-order valence-electron chi connectivity index (χ4n) is 1.11. The van der Waals surface area contributed by atoms with Crippen LogP contribution in [-0.4, -0.2) is 0 Å². The molecule has 0 saturated carbocycles. The summed E-state index contributed by atoms with van der Waals surface area (Å²) in [6, 6.07) is 0. The molecule has 0 aliphatic rings. The molecule has 66 valence electrons. The molecule has 0 atom stereocenters. The summed E-state index contributed by atoms with van der Waals surface area (Å²) >= 11 is 0. The monoisotopic (exact) mass is 158 g/mol. The van der Waals surface area contributed by atoms with E-state index in [1.54, 1.807) is 6.08 Å². The minimum absolute atomic E-state index is 0.645. The molecule has 0 radical (unpaired) electrons. The molecule has 0 spiro atoms. The van der Waals surface area contributed by atoms with E-state index in [4.69, 9.17) is 0 Å². The van der Waals surface area contributed by atoms with Crippen molar-refractivity contribution in [3.8, 4) is 0 Å². The molecule has 1 heteroatoms. The standard InChI is InChI=1S/C10H19F/c1-2-3-4-5-6-7-8-9-10-11/h9-10H,2-8H2,1H3/b10-9-. The lowest BCUT2D eigenvalue weighted by molar-refractivity contribution is 0.608. The lowest BCUT2D eigenvalue weighted by atomic mass is 10.1. The molecule has 0 aromatic rings. The highest BCUT2D eigenvalue weighted by Crippen LogP contribution is 2.06. The number of hydrogen-bond acceptors (Lipinski definition) is 0. The van der Waals surface area contributed by atoms with Gasteiger partial charge in [-0.3, -0.25) is 0 Å². The molecule has 0 aromatic carbocycles. The molecular formula is C10H19F. The van der Waals surface area contributed by atoms with E-state index in [-0.39, 0.29) is 0 Å². The highest BCUT2D eigenvalue weighted by Gasteiger charge is 1.87. The van der Waals surface area contributed by atoms with Crippen molar-refractivity contribution in [1.82, 2.24) is 0 Å². The van der Waals surface area contributed by atoms with Gasteiger partial charge in [-0.25, -0.2) is 4.39 Å². The summed E-state index contributed by atoms with van der Waals surface area (Å²) in [5.74, 6) is 0. The molecule has 0 amide bonds. The predicted octanol–water partition coefficient (Wildman–Crippen LogP) is 4.22. The quantitative estimate of drug-likeness (QED) is 0.487. The zero-order valence-electron chi connectivity index (χ0n) is 7.48. The molecule has 0 fully saturated rings.